The maximum Gasteiger partial charge on any atom is 0.217 e. The van der Waals surface area contributed by atoms with Gasteiger partial charge in [-0.15, -0.1) is 0 Å². The first-order valence-electron chi connectivity index (χ1n) is 5.11. The van der Waals surface area contributed by atoms with Crippen molar-refractivity contribution >= 4 is 21.7 Å². The fourth-order valence-corrected chi connectivity index (χ4v) is 1.74. The monoisotopic (exact) mass is 311 g/mol. The van der Waals surface area contributed by atoms with Crippen molar-refractivity contribution in [3.63, 3.8) is 0 Å². The third kappa shape index (κ3) is 2.31. The molecule has 5 heteroatoms. The van der Waals surface area contributed by atoms with Gasteiger partial charge in [0.2, 0.25) is 5.78 Å². The lowest BCUT2D eigenvalue weighted by atomic mass is 10.0. The summed E-state index contributed by atoms with van der Waals surface area (Å²) in [7, 11) is 0. The fourth-order valence-electron chi connectivity index (χ4n) is 1.50. The number of ketones is 1. The number of pyridine rings is 1. The molecule has 0 radical (unpaired) electrons. The predicted octanol–water partition coefficient (Wildman–Crippen LogP) is 3.66. The lowest BCUT2D eigenvalue weighted by Crippen LogP contribution is -2.10. The molecule has 0 aliphatic rings. The molecule has 0 saturated carbocycles. The van der Waals surface area contributed by atoms with Crippen molar-refractivity contribution in [1.82, 2.24) is 4.98 Å². The van der Waals surface area contributed by atoms with Gasteiger partial charge < -0.3 is 0 Å². The minimum absolute atomic E-state index is 0.00148. The first-order valence-corrected chi connectivity index (χ1v) is 5.91. The average Bonchev–Trinajstić information content (AvgIpc) is 2.35. The van der Waals surface area contributed by atoms with E-state index in [0.717, 1.165) is 6.07 Å². The van der Waals surface area contributed by atoms with Gasteiger partial charge in [0.25, 0.3) is 0 Å². The minimum atomic E-state index is -0.882. The van der Waals surface area contributed by atoms with Gasteiger partial charge in [0.05, 0.1) is 5.56 Å². The Balaban J connectivity index is 2.52. The number of rotatable bonds is 2. The number of hydrogen-bond donors (Lipinski definition) is 0. The lowest BCUT2D eigenvalue weighted by molar-refractivity contribution is 0.102. The summed E-state index contributed by atoms with van der Waals surface area (Å²) in [6, 6.07) is 5.36. The summed E-state index contributed by atoms with van der Waals surface area (Å²) in [4.78, 5) is 15.8. The van der Waals surface area contributed by atoms with E-state index in [2.05, 4.69) is 20.9 Å². The molecule has 2 aromatic rings. The molecule has 0 amide bonds. The molecule has 0 aliphatic carbocycles. The maximum atomic E-state index is 13.8. The van der Waals surface area contributed by atoms with Crippen LogP contribution in [0.15, 0.2) is 34.9 Å². The first-order chi connectivity index (χ1) is 8.50. The molecule has 0 bridgehead atoms. The highest BCUT2D eigenvalue weighted by molar-refractivity contribution is 9.10. The van der Waals surface area contributed by atoms with Crippen LogP contribution >= 0.6 is 15.9 Å². The zero-order chi connectivity index (χ0) is 13.3. The van der Waals surface area contributed by atoms with Crippen molar-refractivity contribution in [2.45, 2.75) is 6.92 Å². The van der Waals surface area contributed by atoms with Gasteiger partial charge in [-0.1, -0.05) is 6.07 Å². The second-order valence-corrected chi connectivity index (χ2v) is 4.66. The van der Waals surface area contributed by atoms with Crippen LogP contribution < -0.4 is 0 Å². The molecule has 18 heavy (non-hydrogen) atoms. The van der Waals surface area contributed by atoms with Crippen LogP contribution in [0.3, 0.4) is 0 Å². The number of hydrogen-bond acceptors (Lipinski definition) is 2. The van der Waals surface area contributed by atoms with Crippen molar-refractivity contribution in [2.24, 2.45) is 0 Å². The Morgan fingerprint density at radius 1 is 1.22 bits per heavy atom. The standard InChI is InChI=1S/C13H8BrF2NO/c1-7-2-4-9(15)11(12(7)16)13(18)10-5-3-8(14)6-17-10/h2-6H,1H3. The Kier molecular flexibility index (Phi) is 3.52. The molecule has 1 aromatic carbocycles. The molecule has 0 N–H and O–H groups in total. The van der Waals surface area contributed by atoms with Crippen LogP contribution in [-0.4, -0.2) is 10.8 Å². The Morgan fingerprint density at radius 3 is 2.56 bits per heavy atom. The van der Waals surface area contributed by atoms with Gasteiger partial charge in [-0.05, 0) is 46.6 Å². The maximum absolute atomic E-state index is 13.8. The van der Waals surface area contributed by atoms with Gasteiger partial charge in [0.15, 0.2) is 0 Å². The Labute approximate surface area is 111 Å². The molecule has 0 atom stereocenters. The Morgan fingerprint density at radius 2 is 1.94 bits per heavy atom. The summed E-state index contributed by atoms with van der Waals surface area (Å²) in [5.41, 5.74) is -0.344. The first kappa shape index (κ1) is 12.8. The van der Waals surface area contributed by atoms with E-state index in [1.165, 1.54) is 25.3 Å². The van der Waals surface area contributed by atoms with E-state index in [1.54, 1.807) is 6.07 Å². The molecule has 1 aromatic heterocycles. The summed E-state index contributed by atoms with van der Waals surface area (Å²) in [5, 5.41) is 0. The second kappa shape index (κ2) is 4.94. The molecular formula is C13H8BrF2NO. The molecule has 2 rings (SSSR count). The molecule has 2 nitrogen and oxygen atoms in total. The van der Waals surface area contributed by atoms with Crippen LogP contribution in [0.25, 0.3) is 0 Å². The second-order valence-electron chi connectivity index (χ2n) is 3.74. The van der Waals surface area contributed by atoms with E-state index in [9.17, 15) is 13.6 Å². The molecule has 0 unspecified atom stereocenters. The van der Waals surface area contributed by atoms with Gasteiger partial charge in [-0.3, -0.25) is 9.78 Å². The zero-order valence-corrected chi connectivity index (χ0v) is 11.0. The molecular weight excluding hydrogens is 304 g/mol. The normalized spacial score (nSPS) is 10.4. The number of aromatic nitrogens is 1. The van der Waals surface area contributed by atoms with Crippen molar-refractivity contribution in [1.29, 1.82) is 0 Å². The molecule has 0 fully saturated rings. The Bertz CT molecular complexity index is 611. The highest BCUT2D eigenvalue weighted by Crippen LogP contribution is 2.20. The highest BCUT2D eigenvalue weighted by atomic mass is 79.9. The fraction of sp³-hybridized carbons (Fsp3) is 0.0769. The van der Waals surface area contributed by atoms with Gasteiger partial charge >= 0.3 is 0 Å². The Hall–Kier alpha value is -1.62. The average molecular weight is 312 g/mol. The summed E-state index contributed by atoms with van der Waals surface area (Å²) in [6.07, 6.45) is 1.40. The van der Waals surface area contributed by atoms with E-state index in [1.807, 2.05) is 0 Å². The van der Waals surface area contributed by atoms with Gasteiger partial charge in [-0.2, -0.15) is 0 Å². The third-order valence-corrected chi connectivity index (χ3v) is 2.94. The van der Waals surface area contributed by atoms with Gasteiger partial charge in [0, 0.05) is 10.7 Å². The van der Waals surface area contributed by atoms with E-state index >= 15 is 0 Å². The number of nitrogens with zero attached hydrogens (tertiary/aromatic N) is 1. The lowest BCUT2D eigenvalue weighted by Gasteiger charge is -2.06. The van der Waals surface area contributed by atoms with Crippen LogP contribution in [0.2, 0.25) is 0 Å². The molecule has 92 valence electrons. The minimum Gasteiger partial charge on any atom is -0.287 e. The number of benzene rings is 1. The molecule has 0 saturated heterocycles. The quantitative estimate of drug-likeness (QED) is 0.792. The smallest absolute Gasteiger partial charge is 0.217 e. The topological polar surface area (TPSA) is 30.0 Å². The molecule has 0 spiro atoms. The zero-order valence-electron chi connectivity index (χ0n) is 9.38. The number of aryl methyl sites for hydroxylation is 1. The predicted molar refractivity (Wildman–Crippen MR) is 66.5 cm³/mol. The van der Waals surface area contributed by atoms with Gasteiger partial charge in [-0.25, -0.2) is 8.78 Å². The largest absolute Gasteiger partial charge is 0.287 e. The van der Waals surface area contributed by atoms with E-state index in [4.69, 9.17) is 0 Å². The van der Waals surface area contributed by atoms with E-state index in [0.29, 0.717) is 4.47 Å². The third-order valence-electron chi connectivity index (χ3n) is 2.47. The summed E-state index contributed by atoms with van der Waals surface area (Å²) in [6.45, 7) is 1.47. The van der Waals surface area contributed by atoms with E-state index in [-0.39, 0.29) is 11.3 Å². The number of halogens is 3. The molecule has 1 heterocycles. The van der Waals surface area contributed by atoms with Crippen molar-refractivity contribution in [3.05, 3.63) is 63.4 Å². The summed E-state index contributed by atoms with van der Waals surface area (Å²) >= 11 is 3.17. The summed E-state index contributed by atoms with van der Waals surface area (Å²) < 4.78 is 28.0. The van der Waals surface area contributed by atoms with Gasteiger partial charge in [0.1, 0.15) is 17.3 Å². The number of carbonyl (C=O) groups excluding carboxylic acids is 1. The van der Waals surface area contributed by atoms with Crippen molar-refractivity contribution in [3.8, 4) is 0 Å². The van der Waals surface area contributed by atoms with Crippen LogP contribution in [-0.2, 0) is 0 Å². The van der Waals surface area contributed by atoms with Crippen LogP contribution in [0.1, 0.15) is 21.6 Å². The summed E-state index contributed by atoms with van der Waals surface area (Å²) in [5.74, 6) is -2.49. The van der Waals surface area contributed by atoms with Crippen LogP contribution in [0.4, 0.5) is 8.78 Å². The SMILES string of the molecule is Cc1ccc(F)c(C(=O)c2ccc(Br)cn2)c1F. The van der Waals surface area contributed by atoms with Crippen LogP contribution in [0, 0.1) is 18.6 Å². The van der Waals surface area contributed by atoms with Crippen molar-refractivity contribution < 1.29 is 13.6 Å². The van der Waals surface area contributed by atoms with Crippen LogP contribution in [0.5, 0.6) is 0 Å². The number of carbonyl (C=O) groups is 1. The molecule has 0 aliphatic heterocycles. The van der Waals surface area contributed by atoms with Crippen molar-refractivity contribution in [2.75, 3.05) is 0 Å². The highest BCUT2D eigenvalue weighted by Gasteiger charge is 2.21. The van der Waals surface area contributed by atoms with E-state index < -0.39 is 23.0 Å².